The van der Waals surface area contributed by atoms with Gasteiger partial charge in [-0.2, -0.15) is 0 Å². The van der Waals surface area contributed by atoms with Gasteiger partial charge in [0.1, 0.15) is 5.75 Å². The van der Waals surface area contributed by atoms with Crippen molar-refractivity contribution >= 4 is 5.97 Å². The van der Waals surface area contributed by atoms with Crippen molar-refractivity contribution in [2.45, 2.75) is 25.5 Å². The maximum atomic E-state index is 10.9. The van der Waals surface area contributed by atoms with Gasteiger partial charge in [0.05, 0.1) is 26.2 Å². The van der Waals surface area contributed by atoms with E-state index in [1.807, 2.05) is 13.0 Å². The number of hydrogen-bond acceptors (Lipinski definition) is 5. The molecular formula is C14H21NO5. The quantitative estimate of drug-likeness (QED) is 0.553. The molecular weight excluding hydrogens is 262 g/mol. The summed E-state index contributed by atoms with van der Waals surface area (Å²) in [4.78, 5) is 10.9. The molecule has 1 aromatic carbocycles. The van der Waals surface area contributed by atoms with Crippen molar-refractivity contribution in [2.24, 2.45) is 0 Å². The molecule has 6 heteroatoms. The second-order valence-corrected chi connectivity index (χ2v) is 4.57. The first kappa shape index (κ1) is 16.4. The van der Waals surface area contributed by atoms with Crippen LogP contribution in [0.3, 0.4) is 0 Å². The highest BCUT2D eigenvalue weighted by Crippen LogP contribution is 2.29. The van der Waals surface area contributed by atoms with Crippen LogP contribution in [0.2, 0.25) is 0 Å². The minimum absolute atomic E-state index is 0.131. The van der Waals surface area contributed by atoms with Gasteiger partial charge in [0, 0.05) is 18.2 Å². The number of aliphatic carboxylic acids is 1. The van der Waals surface area contributed by atoms with Crippen LogP contribution >= 0.6 is 0 Å². The number of carboxylic acids is 1. The normalized spacial score (nSPS) is 13.8. The van der Waals surface area contributed by atoms with Crippen LogP contribution in [0.4, 0.5) is 0 Å². The lowest BCUT2D eigenvalue weighted by atomic mass is 9.97. The summed E-state index contributed by atoms with van der Waals surface area (Å²) in [6.45, 7) is 1.96. The average molecular weight is 283 g/mol. The summed E-state index contributed by atoms with van der Waals surface area (Å²) in [5, 5.41) is 31.0. The van der Waals surface area contributed by atoms with Gasteiger partial charge in [0.2, 0.25) is 0 Å². The number of carbonyl (C=O) groups is 1. The van der Waals surface area contributed by atoms with Crippen LogP contribution in [0.1, 0.15) is 23.7 Å². The lowest BCUT2D eigenvalue weighted by Crippen LogP contribution is -2.38. The maximum absolute atomic E-state index is 10.9. The topological polar surface area (TPSA) is 99.0 Å². The Labute approximate surface area is 118 Å². The third-order valence-corrected chi connectivity index (χ3v) is 3.00. The summed E-state index contributed by atoms with van der Waals surface area (Å²) in [6, 6.07) is 4.65. The number of methoxy groups -OCH3 is 1. The summed E-state index contributed by atoms with van der Waals surface area (Å²) < 4.78 is 5.20. The van der Waals surface area contributed by atoms with Gasteiger partial charge in [-0.3, -0.25) is 4.79 Å². The Morgan fingerprint density at radius 3 is 2.70 bits per heavy atom. The molecule has 0 saturated carbocycles. The molecule has 0 fully saturated rings. The molecule has 0 aliphatic carbocycles. The first-order valence-electron chi connectivity index (χ1n) is 6.38. The maximum Gasteiger partial charge on any atom is 0.305 e. The van der Waals surface area contributed by atoms with Crippen molar-refractivity contribution in [1.82, 2.24) is 5.32 Å². The summed E-state index contributed by atoms with van der Waals surface area (Å²) in [7, 11) is 1.49. The van der Waals surface area contributed by atoms with Gasteiger partial charge in [-0.25, -0.2) is 0 Å². The van der Waals surface area contributed by atoms with Gasteiger partial charge in [-0.15, -0.1) is 0 Å². The van der Waals surface area contributed by atoms with E-state index in [1.165, 1.54) is 7.11 Å². The monoisotopic (exact) mass is 283 g/mol. The van der Waals surface area contributed by atoms with Crippen LogP contribution in [-0.4, -0.2) is 47.6 Å². The van der Waals surface area contributed by atoms with Gasteiger partial charge >= 0.3 is 5.97 Å². The SMILES string of the molecule is COc1ccc(C)cc1C(O)C(CC(=O)O)NCCO. The molecule has 0 aromatic heterocycles. The lowest BCUT2D eigenvalue weighted by molar-refractivity contribution is -0.138. The fourth-order valence-electron chi connectivity index (χ4n) is 2.04. The van der Waals surface area contributed by atoms with Crippen LogP contribution in [0.5, 0.6) is 5.75 Å². The van der Waals surface area contributed by atoms with Gasteiger partial charge in [0.25, 0.3) is 0 Å². The van der Waals surface area contributed by atoms with E-state index in [4.69, 9.17) is 14.9 Å². The van der Waals surface area contributed by atoms with Crippen LogP contribution in [-0.2, 0) is 4.79 Å². The Hall–Kier alpha value is -1.63. The highest BCUT2D eigenvalue weighted by Gasteiger charge is 2.25. The molecule has 0 saturated heterocycles. The van der Waals surface area contributed by atoms with E-state index in [0.29, 0.717) is 11.3 Å². The van der Waals surface area contributed by atoms with Gasteiger partial charge in [-0.05, 0) is 19.1 Å². The summed E-state index contributed by atoms with van der Waals surface area (Å²) >= 11 is 0. The van der Waals surface area contributed by atoms with Crippen LogP contribution in [0, 0.1) is 6.92 Å². The van der Waals surface area contributed by atoms with Gasteiger partial charge < -0.3 is 25.4 Å². The lowest BCUT2D eigenvalue weighted by Gasteiger charge is -2.24. The Morgan fingerprint density at radius 1 is 1.45 bits per heavy atom. The summed E-state index contributed by atoms with van der Waals surface area (Å²) in [5.41, 5.74) is 1.47. The predicted octanol–water partition coefficient (Wildman–Crippen LogP) is 0.462. The zero-order valence-electron chi connectivity index (χ0n) is 11.7. The standard InChI is InChI=1S/C14H21NO5/c1-9-3-4-12(20-2)10(7-9)14(19)11(8-13(17)18)15-5-6-16/h3-4,7,11,14-16,19H,5-6,8H2,1-2H3,(H,17,18). The molecule has 0 heterocycles. The fourth-order valence-corrected chi connectivity index (χ4v) is 2.04. The van der Waals surface area contributed by atoms with E-state index in [-0.39, 0.29) is 19.6 Å². The van der Waals surface area contributed by atoms with Crippen molar-refractivity contribution in [3.05, 3.63) is 29.3 Å². The molecule has 2 unspecified atom stereocenters. The molecule has 0 bridgehead atoms. The van der Waals surface area contributed by atoms with E-state index >= 15 is 0 Å². The molecule has 2 atom stereocenters. The Bertz CT molecular complexity index is 449. The fraction of sp³-hybridized carbons (Fsp3) is 0.500. The molecule has 0 radical (unpaired) electrons. The number of aliphatic hydroxyl groups is 2. The number of aryl methyl sites for hydroxylation is 1. The number of carboxylic acid groups (broad SMARTS) is 1. The number of aliphatic hydroxyl groups excluding tert-OH is 2. The zero-order chi connectivity index (χ0) is 15.1. The number of hydrogen-bond donors (Lipinski definition) is 4. The van der Waals surface area contributed by atoms with E-state index in [2.05, 4.69) is 5.32 Å². The average Bonchev–Trinajstić information content (AvgIpc) is 2.42. The Balaban J connectivity index is 3.00. The minimum Gasteiger partial charge on any atom is -0.496 e. The molecule has 6 nitrogen and oxygen atoms in total. The van der Waals surface area contributed by atoms with Crippen LogP contribution in [0.15, 0.2) is 18.2 Å². The van der Waals surface area contributed by atoms with Crippen LogP contribution < -0.4 is 10.1 Å². The number of nitrogens with one attached hydrogen (secondary N) is 1. The van der Waals surface area contributed by atoms with E-state index in [1.54, 1.807) is 12.1 Å². The molecule has 1 aromatic rings. The number of benzene rings is 1. The van der Waals surface area contributed by atoms with E-state index < -0.39 is 18.1 Å². The number of rotatable bonds is 8. The molecule has 20 heavy (non-hydrogen) atoms. The van der Waals surface area contributed by atoms with Crippen molar-refractivity contribution in [3.63, 3.8) is 0 Å². The Morgan fingerprint density at radius 2 is 2.15 bits per heavy atom. The first-order chi connectivity index (χ1) is 9.49. The molecule has 0 aliphatic rings. The van der Waals surface area contributed by atoms with Crippen molar-refractivity contribution in [3.8, 4) is 5.75 Å². The zero-order valence-corrected chi connectivity index (χ0v) is 11.7. The highest BCUT2D eigenvalue weighted by atomic mass is 16.5. The second-order valence-electron chi connectivity index (χ2n) is 4.57. The molecule has 112 valence electrons. The third kappa shape index (κ3) is 4.48. The summed E-state index contributed by atoms with van der Waals surface area (Å²) in [6.07, 6.45) is -1.29. The summed E-state index contributed by atoms with van der Waals surface area (Å²) in [5.74, 6) is -0.518. The van der Waals surface area contributed by atoms with Crippen molar-refractivity contribution in [1.29, 1.82) is 0 Å². The third-order valence-electron chi connectivity index (χ3n) is 3.00. The van der Waals surface area contributed by atoms with Crippen molar-refractivity contribution in [2.75, 3.05) is 20.3 Å². The van der Waals surface area contributed by atoms with E-state index in [0.717, 1.165) is 5.56 Å². The highest BCUT2D eigenvalue weighted by molar-refractivity contribution is 5.67. The Kier molecular flexibility index (Phi) is 6.44. The smallest absolute Gasteiger partial charge is 0.305 e. The van der Waals surface area contributed by atoms with Crippen molar-refractivity contribution < 1.29 is 24.9 Å². The largest absolute Gasteiger partial charge is 0.496 e. The first-order valence-corrected chi connectivity index (χ1v) is 6.38. The molecule has 0 aliphatic heterocycles. The molecule has 4 N–H and O–H groups in total. The molecule has 1 rings (SSSR count). The second kappa shape index (κ2) is 7.84. The van der Waals surface area contributed by atoms with Gasteiger partial charge in [-0.1, -0.05) is 11.6 Å². The van der Waals surface area contributed by atoms with E-state index in [9.17, 15) is 9.90 Å². The molecule has 0 amide bonds. The minimum atomic E-state index is -1.03. The predicted molar refractivity (Wildman–Crippen MR) is 73.8 cm³/mol. The number of ether oxygens (including phenoxy) is 1. The van der Waals surface area contributed by atoms with Gasteiger partial charge in [0.15, 0.2) is 0 Å². The van der Waals surface area contributed by atoms with Crippen LogP contribution in [0.25, 0.3) is 0 Å². The molecule has 0 spiro atoms.